The van der Waals surface area contributed by atoms with Gasteiger partial charge in [-0.3, -0.25) is 19.3 Å². The van der Waals surface area contributed by atoms with Crippen molar-refractivity contribution in [2.75, 3.05) is 4.90 Å². The summed E-state index contributed by atoms with van der Waals surface area (Å²) in [6.07, 6.45) is 0. The monoisotopic (exact) mass is 309 g/mol. The molecule has 2 unspecified atom stereocenters. The van der Waals surface area contributed by atoms with Crippen molar-refractivity contribution < 1.29 is 19.5 Å². The molecule has 1 aliphatic carbocycles. The number of aliphatic carboxylic acids is 1. The highest BCUT2D eigenvalue weighted by molar-refractivity contribution is 9.10. The van der Waals surface area contributed by atoms with Gasteiger partial charge in [-0.2, -0.15) is 0 Å². The van der Waals surface area contributed by atoms with Crippen molar-refractivity contribution in [3.05, 3.63) is 28.7 Å². The van der Waals surface area contributed by atoms with Crippen LogP contribution in [0.5, 0.6) is 0 Å². The molecule has 2 fully saturated rings. The van der Waals surface area contributed by atoms with Crippen molar-refractivity contribution >= 4 is 39.4 Å². The minimum absolute atomic E-state index is 0.403. The highest BCUT2D eigenvalue weighted by Crippen LogP contribution is 2.54. The van der Waals surface area contributed by atoms with Crippen molar-refractivity contribution in [1.29, 1.82) is 0 Å². The predicted molar refractivity (Wildman–Crippen MR) is 64.7 cm³/mol. The quantitative estimate of drug-likeness (QED) is 0.835. The van der Waals surface area contributed by atoms with Crippen LogP contribution in [0.3, 0.4) is 0 Å². The van der Waals surface area contributed by atoms with Crippen molar-refractivity contribution in [2.45, 2.75) is 0 Å². The number of hydrogen-bond donors (Lipinski definition) is 1. The van der Waals surface area contributed by atoms with E-state index in [1.54, 1.807) is 24.3 Å². The minimum atomic E-state index is -1.07. The number of amides is 2. The molecular formula is C12H8BrNO4. The summed E-state index contributed by atoms with van der Waals surface area (Å²) in [6.45, 7) is 0. The lowest BCUT2D eigenvalue weighted by atomic mass is 10.2. The molecule has 2 amide bonds. The Morgan fingerprint density at radius 1 is 1.11 bits per heavy atom. The van der Waals surface area contributed by atoms with Crippen LogP contribution in [0.1, 0.15) is 0 Å². The van der Waals surface area contributed by atoms with E-state index in [4.69, 9.17) is 5.11 Å². The van der Waals surface area contributed by atoms with Gasteiger partial charge in [0.25, 0.3) is 0 Å². The van der Waals surface area contributed by atoms with Crippen molar-refractivity contribution in [2.24, 2.45) is 17.8 Å². The Morgan fingerprint density at radius 3 is 2.06 bits per heavy atom. The molecule has 0 aromatic heterocycles. The number of anilines is 1. The molecule has 0 spiro atoms. The Kier molecular flexibility index (Phi) is 2.31. The highest BCUT2D eigenvalue weighted by Gasteiger charge is 2.70. The van der Waals surface area contributed by atoms with E-state index in [2.05, 4.69) is 15.9 Å². The lowest BCUT2D eigenvalue weighted by Gasteiger charge is -2.17. The van der Waals surface area contributed by atoms with Gasteiger partial charge in [-0.1, -0.05) is 15.9 Å². The molecule has 1 N–H and O–H groups in total. The summed E-state index contributed by atoms with van der Waals surface area (Å²) < 4.78 is 0.846. The number of hydrogen-bond acceptors (Lipinski definition) is 3. The lowest BCUT2D eigenvalue weighted by molar-refractivity contribution is -0.142. The van der Waals surface area contributed by atoms with Crippen molar-refractivity contribution in [1.82, 2.24) is 0 Å². The number of imide groups is 1. The summed E-state index contributed by atoms with van der Waals surface area (Å²) >= 11 is 3.27. The molecule has 1 aromatic rings. The fourth-order valence-corrected chi connectivity index (χ4v) is 2.75. The molecule has 1 saturated carbocycles. The van der Waals surface area contributed by atoms with E-state index >= 15 is 0 Å². The maximum absolute atomic E-state index is 12.0. The molecule has 18 heavy (non-hydrogen) atoms. The van der Waals surface area contributed by atoms with Crippen LogP contribution in [0.15, 0.2) is 28.7 Å². The zero-order valence-corrected chi connectivity index (χ0v) is 10.6. The van der Waals surface area contributed by atoms with E-state index in [9.17, 15) is 14.4 Å². The highest BCUT2D eigenvalue weighted by atomic mass is 79.9. The number of piperidine rings is 1. The second-order valence-corrected chi connectivity index (χ2v) is 5.32. The standard InChI is InChI=1S/C12H8BrNO4/c13-5-1-3-6(4-2-5)14-10(15)7-8(11(14)16)9(7)12(17)18/h1-4,7-9H,(H,17,18). The second kappa shape index (κ2) is 3.65. The Labute approximate surface area is 111 Å². The summed E-state index contributed by atoms with van der Waals surface area (Å²) in [5.74, 6) is -4.03. The first-order valence-electron chi connectivity index (χ1n) is 5.38. The summed E-state index contributed by atoms with van der Waals surface area (Å²) in [7, 11) is 0. The molecule has 1 saturated heterocycles. The number of nitrogens with zero attached hydrogens (tertiary/aromatic N) is 1. The Balaban J connectivity index is 1.90. The number of benzene rings is 1. The van der Waals surface area contributed by atoms with Gasteiger partial charge in [-0.05, 0) is 24.3 Å². The van der Waals surface area contributed by atoms with Crippen molar-refractivity contribution in [3.63, 3.8) is 0 Å². The SMILES string of the molecule is O=C(O)C1C2C(=O)N(c3ccc(Br)cc3)C(=O)C12. The van der Waals surface area contributed by atoms with E-state index in [1.807, 2.05) is 0 Å². The fourth-order valence-electron chi connectivity index (χ4n) is 2.48. The van der Waals surface area contributed by atoms with Crippen LogP contribution in [-0.2, 0) is 14.4 Å². The molecule has 1 aromatic carbocycles. The van der Waals surface area contributed by atoms with Crippen LogP contribution < -0.4 is 4.90 Å². The van der Waals surface area contributed by atoms with Crippen LogP contribution in [0.2, 0.25) is 0 Å². The second-order valence-electron chi connectivity index (χ2n) is 4.40. The van der Waals surface area contributed by atoms with E-state index < -0.39 is 35.5 Å². The van der Waals surface area contributed by atoms with Crippen molar-refractivity contribution in [3.8, 4) is 0 Å². The summed E-state index contributed by atoms with van der Waals surface area (Å²) in [5, 5.41) is 8.86. The zero-order valence-electron chi connectivity index (χ0n) is 9.04. The summed E-state index contributed by atoms with van der Waals surface area (Å²) in [6, 6.07) is 6.77. The smallest absolute Gasteiger partial charge is 0.308 e. The molecule has 1 aliphatic heterocycles. The molecule has 2 atom stereocenters. The van der Waals surface area contributed by atoms with Gasteiger partial charge in [0, 0.05) is 4.47 Å². The van der Waals surface area contributed by atoms with Crippen LogP contribution in [0, 0.1) is 17.8 Å². The van der Waals surface area contributed by atoms with Gasteiger partial charge in [-0.15, -0.1) is 0 Å². The van der Waals surface area contributed by atoms with Gasteiger partial charge >= 0.3 is 5.97 Å². The van der Waals surface area contributed by atoms with E-state index in [1.165, 1.54) is 0 Å². The van der Waals surface area contributed by atoms with Gasteiger partial charge in [0.1, 0.15) is 0 Å². The number of halogens is 1. The van der Waals surface area contributed by atoms with Crippen LogP contribution >= 0.6 is 15.9 Å². The maximum Gasteiger partial charge on any atom is 0.308 e. The first-order chi connectivity index (χ1) is 8.52. The van der Waals surface area contributed by atoms with Gasteiger partial charge in [0.05, 0.1) is 23.4 Å². The predicted octanol–water partition coefficient (Wildman–Crippen LogP) is 1.27. The number of carboxylic acids is 1. The molecule has 5 nitrogen and oxygen atoms in total. The third-order valence-corrected chi connectivity index (χ3v) is 3.93. The van der Waals surface area contributed by atoms with Crippen LogP contribution in [0.25, 0.3) is 0 Å². The van der Waals surface area contributed by atoms with Gasteiger partial charge in [0.15, 0.2) is 0 Å². The first kappa shape index (κ1) is 11.4. The average molecular weight is 310 g/mol. The fraction of sp³-hybridized carbons (Fsp3) is 0.250. The number of fused-ring (bicyclic) bond motifs is 1. The Hall–Kier alpha value is -1.69. The number of carbonyl (C=O) groups excluding carboxylic acids is 2. The molecule has 1 heterocycles. The van der Waals surface area contributed by atoms with Gasteiger partial charge < -0.3 is 5.11 Å². The number of carbonyl (C=O) groups is 3. The third kappa shape index (κ3) is 1.42. The lowest BCUT2D eigenvalue weighted by Crippen LogP contribution is -2.35. The molecule has 3 rings (SSSR count). The van der Waals surface area contributed by atoms with Gasteiger partial charge in [-0.25, -0.2) is 0 Å². The molecule has 0 bridgehead atoms. The third-order valence-electron chi connectivity index (χ3n) is 3.40. The number of carboxylic acid groups (broad SMARTS) is 1. The Morgan fingerprint density at radius 2 is 1.61 bits per heavy atom. The average Bonchev–Trinajstić information content (AvgIpc) is 3.01. The topological polar surface area (TPSA) is 74.7 Å². The molecule has 0 radical (unpaired) electrons. The first-order valence-corrected chi connectivity index (χ1v) is 6.18. The zero-order chi connectivity index (χ0) is 13.0. The van der Waals surface area contributed by atoms with E-state index in [-0.39, 0.29) is 0 Å². The minimum Gasteiger partial charge on any atom is -0.481 e. The molecule has 92 valence electrons. The Bertz CT molecular complexity index is 546. The summed E-state index contributed by atoms with van der Waals surface area (Å²) in [5.41, 5.74) is 0.490. The molecule has 6 heteroatoms. The largest absolute Gasteiger partial charge is 0.481 e. The van der Waals surface area contributed by atoms with E-state index in [0.29, 0.717) is 5.69 Å². The number of rotatable bonds is 2. The van der Waals surface area contributed by atoms with E-state index in [0.717, 1.165) is 9.37 Å². The maximum atomic E-state index is 12.0. The van der Waals surface area contributed by atoms with Crippen LogP contribution in [0.4, 0.5) is 5.69 Å². The summed E-state index contributed by atoms with van der Waals surface area (Å²) in [4.78, 5) is 35.9. The molecule has 2 aliphatic rings. The van der Waals surface area contributed by atoms with Gasteiger partial charge in [0.2, 0.25) is 11.8 Å². The molecular weight excluding hydrogens is 302 g/mol. The normalized spacial score (nSPS) is 29.4. The van der Waals surface area contributed by atoms with Crippen LogP contribution in [-0.4, -0.2) is 22.9 Å².